The predicted octanol–water partition coefficient (Wildman–Crippen LogP) is 4.20. The highest BCUT2D eigenvalue weighted by Gasteiger charge is 2.09. The van der Waals surface area contributed by atoms with Gasteiger partial charge in [0, 0.05) is 0 Å². The molecule has 1 heterocycles. The highest BCUT2D eigenvalue weighted by atomic mass is 32.1. The minimum atomic E-state index is 0.913. The third kappa shape index (κ3) is 2.19. The lowest BCUT2D eigenvalue weighted by atomic mass is 10.1. The third-order valence-corrected chi connectivity index (χ3v) is 3.57. The van der Waals surface area contributed by atoms with Crippen LogP contribution in [0, 0.1) is 7.11 Å². The Bertz CT molecular complexity index is 464. The van der Waals surface area contributed by atoms with Crippen LogP contribution in [0.25, 0.3) is 10.2 Å². The first-order chi connectivity index (χ1) is 7.86. The zero-order valence-corrected chi connectivity index (χ0v) is 10.3. The number of benzene rings is 1. The van der Waals surface area contributed by atoms with Crippen LogP contribution in [0.2, 0.25) is 0 Å². The van der Waals surface area contributed by atoms with Crippen molar-refractivity contribution in [2.45, 2.75) is 32.6 Å². The molecule has 0 spiro atoms. The van der Waals surface area contributed by atoms with E-state index in [0.717, 1.165) is 22.4 Å². The quantitative estimate of drug-likeness (QED) is 0.723. The van der Waals surface area contributed by atoms with Crippen LogP contribution in [0.1, 0.15) is 31.7 Å². The Morgan fingerprint density at radius 3 is 3.00 bits per heavy atom. The molecule has 0 fully saturated rings. The van der Waals surface area contributed by atoms with E-state index in [-0.39, 0.29) is 0 Å². The van der Waals surface area contributed by atoms with Gasteiger partial charge in [-0.3, -0.25) is 0 Å². The number of nitrogens with zero attached hydrogens (tertiary/aromatic N) is 1. The van der Waals surface area contributed by atoms with E-state index in [9.17, 15) is 0 Å². The molecule has 0 bridgehead atoms. The molecule has 2 aromatic rings. The van der Waals surface area contributed by atoms with Crippen LogP contribution in [0.4, 0.5) is 0 Å². The van der Waals surface area contributed by atoms with Gasteiger partial charge in [0.1, 0.15) is 12.9 Å². The Labute approximate surface area is 100 Å². The van der Waals surface area contributed by atoms with E-state index in [1.54, 1.807) is 11.3 Å². The molecule has 1 radical (unpaired) electrons. The van der Waals surface area contributed by atoms with Crippen LogP contribution in [0.5, 0.6) is 5.75 Å². The number of aromatic nitrogens is 1. The molecule has 0 saturated carbocycles. The monoisotopic (exact) mass is 234 g/mol. The minimum absolute atomic E-state index is 0.913. The summed E-state index contributed by atoms with van der Waals surface area (Å²) in [5, 5.41) is 0. The predicted molar refractivity (Wildman–Crippen MR) is 68.8 cm³/mol. The van der Waals surface area contributed by atoms with Gasteiger partial charge >= 0.3 is 0 Å². The maximum Gasteiger partial charge on any atom is 0.142 e. The lowest BCUT2D eigenvalue weighted by Gasteiger charge is -2.08. The maximum absolute atomic E-state index is 5.27. The molecule has 0 aliphatic rings. The highest BCUT2D eigenvalue weighted by Crippen LogP contribution is 2.33. The van der Waals surface area contributed by atoms with Gasteiger partial charge in [-0.2, -0.15) is 0 Å². The normalized spacial score (nSPS) is 10.9. The lowest BCUT2D eigenvalue weighted by Crippen LogP contribution is -1.91. The summed E-state index contributed by atoms with van der Waals surface area (Å²) in [5.74, 6) is 0.913. The van der Waals surface area contributed by atoms with Crippen molar-refractivity contribution in [1.82, 2.24) is 4.98 Å². The fourth-order valence-electron chi connectivity index (χ4n) is 1.86. The SMILES string of the molecule is [CH2]Oc1c(CCCCC)ccc2ncsc12. The molecule has 0 unspecified atom stereocenters. The fraction of sp³-hybridized carbons (Fsp3) is 0.385. The third-order valence-electron chi connectivity index (χ3n) is 2.73. The van der Waals surface area contributed by atoms with Crippen LogP contribution in [0.3, 0.4) is 0 Å². The summed E-state index contributed by atoms with van der Waals surface area (Å²) in [4.78, 5) is 4.28. The number of fused-ring (bicyclic) bond motifs is 1. The summed E-state index contributed by atoms with van der Waals surface area (Å²) >= 11 is 1.62. The first-order valence-corrected chi connectivity index (χ1v) is 6.52. The number of aryl methyl sites for hydroxylation is 1. The van der Waals surface area contributed by atoms with Crippen LogP contribution in [0.15, 0.2) is 17.6 Å². The van der Waals surface area contributed by atoms with Crippen molar-refractivity contribution in [1.29, 1.82) is 0 Å². The molecule has 0 amide bonds. The van der Waals surface area contributed by atoms with E-state index >= 15 is 0 Å². The molecule has 1 aromatic heterocycles. The Morgan fingerprint density at radius 1 is 1.38 bits per heavy atom. The van der Waals surface area contributed by atoms with Crippen LogP contribution < -0.4 is 4.74 Å². The van der Waals surface area contributed by atoms with Crippen molar-refractivity contribution in [2.24, 2.45) is 0 Å². The average molecular weight is 234 g/mol. The largest absolute Gasteiger partial charge is 0.488 e. The van der Waals surface area contributed by atoms with Crippen molar-refractivity contribution in [2.75, 3.05) is 0 Å². The first-order valence-electron chi connectivity index (χ1n) is 5.64. The average Bonchev–Trinajstić information content (AvgIpc) is 2.77. The van der Waals surface area contributed by atoms with Crippen molar-refractivity contribution in [3.63, 3.8) is 0 Å². The van der Waals surface area contributed by atoms with E-state index in [2.05, 4.69) is 31.2 Å². The van der Waals surface area contributed by atoms with Crippen molar-refractivity contribution in [3.8, 4) is 5.75 Å². The van der Waals surface area contributed by atoms with Crippen LogP contribution in [-0.2, 0) is 6.42 Å². The Balaban J connectivity index is 2.29. The van der Waals surface area contributed by atoms with Gasteiger partial charge in [0.2, 0.25) is 0 Å². The fourth-order valence-corrected chi connectivity index (χ4v) is 2.68. The van der Waals surface area contributed by atoms with Crippen molar-refractivity contribution in [3.05, 3.63) is 30.3 Å². The number of hydrogen-bond acceptors (Lipinski definition) is 3. The van der Waals surface area contributed by atoms with E-state index in [1.165, 1.54) is 24.8 Å². The second kappa shape index (κ2) is 5.30. The number of hydrogen-bond donors (Lipinski definition) is 0. The van der Waals surface area contributed by atoms with Crippen molar-refractivity contribution < 1.29 is 4.74 Å². The number of ether oxygens (including phenoxy) is 1. The highest BCUT2D eigenvalue weighted by molar-refractivity contribution is 7.17. The molecule has 3 heteroatoms. The molecule has 0 N–H and O–H groups in total. The van der Waals surface area contributed by atoms with E-state index in [0.29, 0.717) is 0 Å². The summed E-state index contributed by atoms with van der Waals surface area (Å²) in [5.41, 5.74) is 4.10. The molecular formula is C13H16NOS. The van der Waals surface area contributed by atoms with Crippen LogP contribution in [-0.4, -0.2) is 4.98 Å². The molecule has 0 aliphatic heterocycles. The van der Waals surface area contributed by atoms with E-state index in [1.807, 2.05) is 5.51 Å². The first kappa shape index (κ1) is 11.4. The van der Waals surface area contributed by atoms with Gasteiger partial charge in [-0.25, -0.2) is 4.98 Å². The Hall–Kier alpha value is -1.09. The molecule has 16 heavy (non-hydrogen) atoms. The molecule has 85 valence electrons. The summed E-state index contributed by atoms with van der Waals surface area (Å²) in [6.07, 6.45) is 4.77. The number of thiazole rings is 1. The van der Waals surface area contributed by atoms with Gasteiger partial charge in [0.15, 0.2) is 0 Å². The molecule has 1 aromatic carbocycles. The van der Waals surface area contributed by atoms with Gasteiger partial charge in [-0.15, -0.1) is 11.3 Å². The van der Waals surface area contributed by atoms with E-state index in [4.69, 9.17) is 4.74 Å². The van der Waals surface area contributed by atoms with Gasteiger partial charge < -0.3 is 4.74 Å². The Kier molecular flexibility index (Phi) is 3.78. The second-order valence-corrected chi connectivity index (χ2v) is 4.71. The number of rotatable bonds is 5. The van der Waals surface area contributed by atoms with Gasteiger partial charge in [-0.05, 0) is 24.5 Å². The van der Waals surface area contributed by atoms with E-state index < -0.39 is 0 Å². The van der Waals surface area contributed by atoms with Crippen molar-refractivity contribution >= 4 is 21.6 Å². The van der Waals surface area contributed by atoms with Gasteiger partial charge in [0.25, 0.3) is 0 Å². The Morgan fingerprint density at radius 2 is 2.25 bits per heavy atom. The van der Waals surface area contributed by atoms with Crippen LogP contribution >= 0.6 is 11.3 Å². The van der Waals surface area contributed by atoms with Gasteiger partial charge in [0.05, 0.1) is 15.7 Å². The molecule has 2 nitrogen and oxygen atoms in total. The smallest absolute Gasteiger partial charge is 0.142 e. The standard InChI is InChI=1S/C13H16NOS/c1-3-4-5-6-10-7-8-11-13(12(10)15-2)16-9-14-11/h7-9H,2-6H2,1H3. The summed E-state index contributed by atoms with van der Waals surface area (Å²) in [6.45, 7) is 2.21. The summed E-state index contributed by atoms with van der Waals surface area (Å²) < 4.78 is 6.38. The molecular weight excluding hydrogens is 218 g/mol. The minimum Gasteiger partial charge on any atom is -0.488 e. The molecule has 0 aliphatic carbocycles. The maximum atomic E-state index is 5.27. The second-order valence-electron chi connectivity index (χ2n) is 3.86. The molecule has 0 atom stereocenters. The van der Waals surface area contributed by atoms with Gasteiger partial charge in [-0.1, -0.05) is 25.8 Å². The zero-order chi connectivity index (χ0) is 11.4. The summed E-state index contributed by atoms with van der Waals surface area (Å²) in [6, 6.07) is 4.17. The number of unbranched alkanes of at least 4 members (excludes halogenated alkanes) is 2. The molecule has 0 saturated heterocycles. The topological polar surface area (TPSA) is 22.1 Å². The summed E-state index contributed by atoms with van der Waals surface area (Å²) in [7, 11) is 3.55. The lowest BCUT2D eigenvalue weighted by molar-refractivity contribution is 0.471. The molecule has 2 rings (SSSR count). The zero-order valence-electron chi connectivity index (χ0n) is 9.53.